The van der Waals surface area contributed by atoms with Crippen molar-refractivity contribution >= 4 is 27.5 Å². The minimum atomic E-state index is -0.108. The van der Waals surface area contributed by atoms with Gasteiger partial charge >= 0.3 is 0 Å². The average molecular weight is 499 g/mol. The van der Waals surface area contributed by atoms with E-state index in [1.165, 1.54) is 0 Å². The van der Waals surface area contributed by atoms with Crippen LogP contribution in [0.5, 0.6) is 5.75 Å². The Bertz CT molecular complexity index is 1070. The zero-order valence-corrected chi connectivity index (χ0v) is 19.8. The number of anilines is 1. The summed E-state index contributed by atoms with van der Waals surface area (Å²) < 4.78 is 12.3. The summed E-state index contributed by atoms with van der Waals surface area (Å²) in [6, 6.07) is 15.3. The van der Waals surface area contributed by atoms with Crippen LogP contribution in [0, 0.1) is 5.92 Å². The zero-order valence-electron chi connectivity index (χ0n) is 18.3. The van der Waals surface area contributed by atoms with E-state index in [0.29, 0.717) is 36.2 Å². The van der Waals surface area contributed by atoms with Crippen LogP contribution in [0.15, 0.2) is 57.5 Å². The number of para-hydroxylation sites is 2. The first-order chi connectivity index (χ1) is 15.5. The first-order valence-corrected chi connectivity index (χ1v) is 11.6. The molecular weight excluding hydrogens is 472 g/mol. The van der Waals surface area contributed by atoms with E-state index in [1.54, 1.807) is 0 Å². The molecule has 8 heteroatoms. The highest BCUT2D eigenvalue weighted by Gasteiger charge is 2.27. The fourth-order valence-electron chi connectivity index (χ4n) is 3.83. The van der Waals surface area contributed by atoms with Crippen LogP contribution in [-0.4, -0.2) is 40.1 Å². The van der Waals surface area contributed by atoms with Gasteiger partial charge in [-0.25, -0.2) is 0 Å². The van der Waals surface area contributed by atoms with Crippen LogP contribution < -0.4 is 10.1 Å². The Labute approximate surface area is 196 Å². The standard InChI is InChI=1S/C24H27BrN4O3/c1-16(2)31-21-11-4-3-10-20(21)26-24(30)18-8-6-12-29(14-18)15-22-27-23(28-32-22)17-7-5-9-19(25)13-17/h3-5,7,9-11,13,16,18H,6,8,12,14-15H2,1-2H3,(H,26,30). The number of halogens is 1. The zero-order chi connectivity index (χ0) is 22.5. The Morgan fingerprint density at radius 1 is 1.28 bits per heavy atom. The van der Waals surface area contributed by atoms with Crippen LogP contribution in [0.25, 0.3) is 11.4 Å². The Balaban J connectivity index is 1.37. The molecule has 0 saturated carbocycles. The largest absolute Gasteiger partial charge is 0.489 e. The van der Waals surface area contributed by atoms with Crippen LogP contribution in [0.3, 0.4) is 0 Å². The lowest BCUT2D eigenvalue weighted by Crippen LogP contribution is -2.40. The average Bonchev–Trinajstić information content (AvgIpc) is 3.23. The third kappa shape index (κ3) is 5.75. The number of nitrogens with one attached hydrogen (secondary N) is 1. The maximum Gasteiger partial charge on any atom is 0.241 e. The van der Waals surface area contributed by atoms with E-state index in [9.17, 15) is 4.79 Å². The topological polar surface area (TPSA) is 80.5 Å². The van der Waals surface area contributed by atoms with Crippen molar-refractivity contribution in [3.05, 3.63) is 58.9 Å². The first kappa shape index (κ1) is 22.5. The molecule has 4 rings (SSSR count). The van der Waals surface area contributed by atoms with Crippen LogP contribution in [0.2, 0.25) is 0 Å². The van der Waals surface area contributed by atoms with Gasteiger partial charge in [-0.1, -0.05) is 45.4 Å². The van der Waals surface area contributed by atoms with E-state index in [4.69, 9.17) is 9.26 Å². The molecule has 168 valence electrons. The fourth-order valence-corrected chi connectivity index (χ4v) is 4.23. The molecule has 2 aromatic carbocycles. The molecule has 1 aliphatic rings. The van der Waals surface area contributed by atoms with Crippen LogP contribution in [-0.2, 0) is 11.3 Å². The summed E-state index contributed by atoms with van der Waals surface area (Å²) in [6.45, 7) is 6.01. The normalized spacial score (nSPS) is 16.8. The molecule has 3 aromatic rings. The van der Waals surface area contributed by atoms with Gasteiger partial charge in [0.2, 0.25) is 17.6 Å². The van der Waals surface area contributed by atoms with Gasteiger partial charge in [0, 0.05) is 16.6 Å². The molecule has 1 saturated heterocycles. The Morgan fingerprint density at radius 3 is 2.94 bits per heavy atom. The van der Waals surface area contributed by atoms with E-state index < -0.39 is 0 Å². The lowest BCUT2D eigenvalue weighted by molar-refractivity contribution is -0.121. The van der Waals surface area contributed by atoms with Crippen LogP contribution in [0.1, 0.15) is 32.6 Å². The number of hydrogen-bond donors (Lipinski definition) is 1. The van der Waals surface area contributed by atoms with Gasteiger partial charge in [-0.3, -0.25) is 9.69 Å². The Hall–Kier alpha value is -2.71. The summed E-state index contributed by atoms with van der Waals surface area (Å²) in [7, 11) is 0. The second kappa shape index (κ2) is 10.3. The van der Waals surface area contributed by atoms with Crippen molar-refractivity contribution in [1.29, 1.82) is 0 Å². The smallest absolute Gasteiger partial charge is 0.241 e. The summed E-state index contributed by atoms with van der Waals surface area (Å²) in [5.74, 6) is 1.71. The summed E-state index contributed by atoms with van der Waals surface area (Å²) in [6.07, 6.45) is 1.83. The van der Waals surface area contributed by atoms with E-state index in [1.807, 2.05) is 62.4 Å². The molecule has 1 unspecified atom stereocenters. The summed E-state index contributed by atoms with van der Waals surface area (Å²) >= 11 is 3.47. The van der Waals surface area contributed by atoms with Gasteiger partial charge < -0.3 is 14.6 Å². The number of carbonyl (C=O) groups excluding carboxylic acids is 1. The number of piperidine rings is 1. The van der Waals surface area contributed by atoms with Crippen molar-refractivity contribution in [2.75, 3.05) is 18.4 Å². The minimum Gasteiger partial charge on any atom is -0.489 e. The summed E-state index contributed by atoms with van der Waals surface area (Å²) in [4.78, 5) is 19.7. The lowest BCUT2D eigenvalue weighted by atomic mass is 9.97. The molecule has 1 aromatic heterocycles. The van der Waals surface area contributed by atoms with Crippen molar-refractivity contribution in [3.63, 3.8) is 0 Å². The number of benzene rings is 2. The number of rotatable bonds is 7. The Kier molecular flexibility index (Phi) is 7.22. The van der Waals surface area contributed by atoms with E-state index in [2.05, 4.69) is 36.3 Å². The fraction of sp³-hybridized carbons (Fsp3) is 0.375. The van der Waals surface area contributed by atoms with Gasteiger partial charge in [0.05, 0.1) is 24.3 Å². The summed E-state index contributed by atoms with van der Waals surface area (Å²) in [5.41, 5.74) is 1.60. The highest BCUT2D eigenvalue weighted by atomic mass is 79.9. The van der Waals surface area contributed by atoms with Gasteiger partial charge in [-0.2, -0.15) is 4.98 Å². The predicted molar refractivity (Wildman–Crippen MR) is 126 cm³/mol. The van der Waals surface area contributed by atoms with Crippen molar-refractivity contribution in [2.45, 2.75) is 39.3 Å². The molecule has 0 bridgehead atoms. The molecular formula is C24H27BrN4O3. The number of hydrogen-bond acceptors (Lipinski definition) is 6. The highest BCUT2D eigenvalue weighted by molar-refractivity contribution is 9.10. The molecule has 2 heterocycles. The monoisotopic (exact) mass is 498 g/mol. The van der Waals surface area contributed by atoms with Crippen molar-refractivity contribution in [3.8, 4) is 17.1 Å². The first-order valence-electron chi connectivity index (χ1n) is 10.9. The van der Waals surface area contributed by atoms with E-state index in [-0.39, 0.29) is 17.9 Å². The molecule has 1 fully saturated rings. The minimum absolute atomic E-state index is 0.00913. The molecule has 0 radical (unpaired) electrons. The quantitative estimate of drug-likeness (QED) is 0.485. The molecule has 32 heavy (non-hydrogen) atoms. The molecule has 7 nitrogen and oxygen atoms in total. The number of likely N-dealkylation sites (tertiary alicyclic amines) is 1. The number of amides is 1. The third-order valence-corrected chi connectivity index (χ3v) is 5.79. The van der Waals surface area contributed by atoms with Gasteiger partial charge in [0.25, 0.3) is 0 Å². The van der Waals surface area contributed by atoms with Gasteiger partial charge in [-0.05, 0) is 57.5 Å². The number of aromatic nitrogens is 2. The SMILES string of the molecule is CC(C)Oc1ccccc1NC(=O)C1CCCN(Cc2nc(-c3cccc(Br)c3)no2)C1. The van der Waals surface area contributed by atoms with Crippen LogP contribution >= 0.6 is 15.9 Å². The molecule has 1 amide bonds. The second-order valence-corrected chi connectivity index (χ2v) is 9.16. The van der Waals surface area contributed by atoms with E-state index >= 15 is 0 Å². The molecule has 0 spiro atoms. The molecule has 0 aliphatic carbocycles. The molecule has 1 aliphatic heterocycles. The van der Waals surface area contributed by atoms with Crippen molar-refractivity contribution in [2.24, 2.45) is 5.92 Å². The number of carbonyl (C=O) groups is 1. The van der Waals surface area contributed by atoms with Crippen LogP contribution in [0.4, 0.5) is 5.69 Å². The maximum absolute atomic E-state index is 13.0. The Morgan fingerprint density at radius 2 is 2.12 bits per heavy atom. The number of ether oxygens (including phenoxy) is 1. The molecule has 1 atom stereocenters. The lowest BCUT2D eigenvalue weighted by Gasteiger charge is -2.31. The van der Waals surface area contributed by atoms with Gasteiger partial charge in [-0.15, -0.1) is 0 Å². The third-order valence-electron chi connectivity index (χ3n) is 5.29. The van der Waals surface area contributed by atoms with Gasteiger partial charge in [0.1, 0.15) is 5.75 Å². The number of nitrogens with zero attached hydrogens (tertiary/aromatic N) is 3. The molecule has 1 N–H and O–H groups in total. The van der Waals surface area contributed by atoms with Crippen molar-refractivity contribution in [1.82, 2.24) is 15.0 Å². The van der Waals surface area contributed by atoms with Gasteiger partial charge in [0.15, 0.2) is 0 Å². The highest BCUT2D eigenvalue weighted by Crippen LogP contribution is 2.27. The van der Waals surface area contributed by atoms with Crippen molar-refractivity contribution < 1.29 is 14.1 Å². The maximum atomic E-state index is 13.0. The van der Waals surface area contributed by atoms with E-state index in [0.717, 1.165) is 29.4 Å². The second-order valence-electron chi connectivity index (χ2n) is 8.25. The summed E-state index contributed by atoms with van der Waals surface area (Å²) in [5, 5.41) is 7.16. The predicted octanol–water partition coefficient (Wildman–Crippen LogP) is 5.14.